The fourth-order valence-electron chi connectivity index (χ4n) is 1.28. The highest BCUT2D eigenvalue weighted by Gasteiger charge is 2.34. The number of alkyl halides is 1. The summed E-state index contributed by atoms with van der Waals surface area (Å²) >= 11 is 5.31. The van der Waals surface area contributed by atoms with E-state index in [1.54, 1.807) is 13.8 Å². The molecule has 2 amide bonds. The molecule has 0 radical (unpaired) electrons. The first-order chi connectivity index (χ1) is 6.82. The lowest BCUT2D eigenvalue weighted by atomic mass is 10.0. The Morgan fingerprint density at radius 3 is 2.00 bits per heavy atom. The second-order valence-corrected chi connectivity index (χ2v) is 3.71. The van der Waals surface area contributed by atoms with Gasteiger partial charge in [0, 0.05) is 6.92 Å². The summed E-state index contributed by atoms with van der Waals surface area (Å²) < 4.78 is 0. The van der Waals surface area contributed by atoms with Crippen LogP contribution < -0.4 is 0 Å². The molecule has 0 bridgehead atoms. The third-order valence-corrected chi connectivity index (χ3v) is 2.11. The first kappa shape index (κ1) is 13.9. The monoisotopic (exact) mass is 235 g/mol. The molecule has 0 aromatic carbocycles. The molecule has 0 saturated heterocycles. The van der Waals surface area contributed by atoms with Crippen molar-refractivity contribution in [1.29, 1.82) is 0 Å². The van der Waals surface area contributed by atoms with Gasteiger partial charge in [-0.2, -0.15) is 0 Å². The Bertz CT molecular complexity index is 277. The molecule has 0 rings (SSSR count). The Labute approximate surface area is 93.0 Å². The van der Waals surface area contributed by atoms with Gasteiger partial charge < -0.3 is 5.11 Å². The molecule has 0 saturated carbocycles. The minimum atomic E-state index is -1.21. The summed E-state index contributed by atoms with van der Waals surface area (Å²) in [6.07, 6.45) is 0. The van der Waals surface area contributed by atoms with Gasteiger partial charge in [0.1, 0.15) is 11.9 Å². The van der Waals surface area contributed by atoms with E-state index in [1.807, 2.05) is 0 Å². The second-order valence-electron chi connectivity index (χ2n) is 3.44. The number of carboxylic acids is 1. The number of hydrogen-bond acceptors (Lipinski definition) is 3. The van der Waals surface area contributed by atoms with Crippen LogP contribution in [0.1, 0.15) is 20.8 Å². The molecule has 1 atom stereocenters. The smallest absolute Gasteiger partial charge is 0.327 e. The van der Waals surface area contributed by atoms with E-state index in [1.165, 1.54) is 0 Å². The van der Waals surface area contributed by atoms with Crippen molar-refractivity contribution >= 4 is 29.4 Å². The van der Waals surface area contributed by atoms with Crippen molar-refractivity contribution in [3.63, 3.8) is 0 Å². The summed E-state index contributed by atoms with van der Waals surface area (Å²) in [5.41, 5.74) is 0. The molecule has 0 heterocycles. The molecule has 5 nitrogen and oxygen atoms in total. The molecule has 0 fully saturated rings. The largest absolute Gasteiger partial charge is 0.480 e. The van der Waals surface area contributed by atoms with Crippen molar-refractivity contribution < 1.29 is 19.5 Å². The number of hydrogen-bond donors (Lipinski definition) is 1. The van der Waals surface area contributed by atoms with E-state index in [9.17, 15) is 14.4 Å². The zero-order chi connectivity index (χ0) is 12.2. The Balaban J connectivity index is 5.10. The maximum atomic E-state index is 11.3. The standard InChI is InChI=1S/C9H14ClNO4/c1-5(2)8(9(14)15)11(6(3)12)7(13)4-10/h5,8H,4H2,1-3H3,(H,14,15)/t8-/m0/s1. The number of imide groups is 1. The van der Waals surface area contributed by atoms with E-state index in [4.69, 9.17) is 16.7 Å². The summed E-state index contributed by atoms with van der Waals surface area (Å²) in [6, 6.07) is -1.16. The number of carboxylic acid groups (broad SMARTS) is 1. The topological polar surface area (TPSA) is 74.7 Å². The quantitative estimate of drug-likeness (QED) is 0.729. The van der Waals surface area contributed by atoms with Crippen molar-refractivity contribution in [3.8, 4) is 0 Å². The SMILES string of the molecule is CC(=O)N(C(=O)CCl)[C@H](C(=O)O)C(C)C. The summed E-state index contributed by atoms with van der Waals surface area (Å²) in [6.45, 7) is 4.38. The van der Waals surface area contributed by atoms with Crippen LogP contribution in [0.2, 0.25) is 0 Å². The normalized spacial score (nSPS) is 12.3. The third kappa shape index (κ3) is 3.51. The van der Waals surface area contributed by atoms with E-state index < -0.39 is 29.7 Å². The summed E-state index contributed by atoms with van der Waals surface area (Å²) in [7, 11) is 0. The van der Waals surface area contributed by atoms with Crippen LogP contribution >= 0.6 is 11.6 Å². The number of aliphatic carboxylic acids is 1. The Morgan fingerprint density at radius 1 is 1.33 bits per heavy atom. The van der Waals surface area contributed by atoms with Crippen molar-refractivity contribution in [3.05, 3.63) is 0 Å². The number of amides is 2. The zero-order valence-electron chi connectivity index (χ0n) is 8.86. The molecule has 0 spiro atoms. The average molecular weight is 236 g/mol. The molecule has 0 aliphatic rings. The maximum Gasteiger partial charge on any atom is 0.327 e. The summed E-state index contributed by atoms with van der Waals surface area (Å²) in [5.74, 6) is -3.28. The van der Waals surface area contributed by atoms with Gasteiger partial charge in [0.05, 0.1) is 0 Å². The Kier molecular flexibility index (Phi) is 5.28. The zero-order valence-corrected chi connectivity index (χ0v) is 9.61. The summed E-state index contributed by atoms with van der Waals surface area (Å²) in [5, 5.41) is 8.92. The number of nitrogens with zero attached hydrogens (tertiary/aromatic N) is 1. The predicted octanol–water partition coefficient (Wildman–Crippen LogP) is 0.709. The molecule has 0 unspecified atom stereocenters. The molecular formula is C9H14ClNO4. The highest BCUT2D eigenvalue weighted by molar-refractivity contribution is 6.28. The average Bonchev–Trinajstić information content (AvgIpc) is 2.10. The second kappa shape index (κ2) is 5.70. The van der Waals surface area contributed by atoms with Crippen LogP contribution in [0, 0.1) is 5.92 Å². The van der Waals surface area contributed by atoms with Crippen LogP contribution in [-0.2, 0) is 14.4 Å². The van der Waals surface area contributed by atoms with Gasteiger partial charge in [0.2, 0.25) is 11.8 Å². The van der Waals surface area contributed by atoms with Gasteiger partial charge in [-0.1, -0.05) is 13.8 Å². The molecule has 0 aliphatic carbocycles. The molecule has 6 heteroatoms. The van der Waals surface area contributed by atoms with E-state index >= 15 is 0 Å². The van der Waals surface area contributed by atoms with Gasteiger partial charge in [-0.25, -0.2) is 4.79 Å². The predicted molar refractivity (Wildman–Crippen MR) is 54.5 cm³/mol. The van der Waals surface area contributed by atoms with Crippen molar-refractivity contribution in [2.75, 3.05) is 5.88 Å². The highest BCUT2D eigenvalue weighted by Crippen LogP contribution is 2.12. The van der Waals surface area contributed by atoms with E-state index in [2.05, 4.69) is 0 Å². The van der Waals surface area contributed by atoms with Crippen LogP contribution in [0.25, 0.3) is 0 Å². The van der Waals surface area contributed by atoms with Gasteiger partial charge >= 0.3 is 5.97 Å². The first-order valence-corrected chi connectivity index (χ1v) is 4.97. The molecule has 86 valence electrons. The van der Waals surface area contributed by atoms with Crippen LogP contribution in [0.3, 0.4) is 0 Å². The first-order valence-electron chi connectivity index (χ1n) is 4.44. The number of carbonyl (C=O) groups excluding carboxylic acids is 2. The van der Waals surface area contributed by atoms with E-state index in [0.717, 1.165) is 6.92 Å². The third-order valence-electron chi connectivity index (χ3n) is 1.88. The molecular weight excluding hydrogens is 222 g/mol. The molecule has 0 aromatic rings. The molecule has 0 aromatic heterocycles. The maximum absolute atomic E-state index is 11.3. The lowest BCUT2D eigenvalue weighted by Gasteiger charge is -2.28. The molecule has 15 heavy (non-hydrogen) atoms. The summed E-state index contributed by atoms with van der Waals surface area (Å²) in [4.78, 5) is 34.1. The van der Waals surface area contributed by atoms with Crippen molar-refractivity contribution in [1.82, 2.24) is 4.90 Å². The number of halogens is 1. The molecule has 0 aliphatic heterocycles. The fourth-order valence-corrected chi connectivity index (χ4v) is 1.41. The van der Waals surface area contributed by atoms with Crippen LogP contribution in [0.5, 0.6) is 0 Å². The van der Waals surface area contributed by atoms with Gasteiger partial charge in [0.25, 0.3) is 0 Å². The molecule has 1 N–H and O–H groups in total. The lowest BCUT2D eigenvalue weighted by molar-refractivity contribution is -0.158. The van der Waals surface area contributed by atoms with Crippen LogP contribution in [0.15, 0.2) is 0 Å². The number of carbonyl (C=O) groups is 3. The van der Waals surface area contributed by atoms with Gasteiger partial charge in [-0.05, 0) is 5.92 Å². The van der Waals surface area contributed by atoms with E-state index in [0.29, 0.717) is 4.90 Å². The fraction of sp³-hybridized carbons (Fsp3) is 0.667. The van der Waals surface area contributed by atoms with Gasteiger partial charge in [0.15, 0.2) is 0 Å². The van der Waals surface area contributed by atoms with Gasteiger partial charge in [-0.3, -0.25) is 14.5 Å². The Hall–Kier alpha value is -1.10. The Morgan fingerprint density at radius 2 is 1.80 bits per heavy atom. The highest BCUT2D eigenvalue weighted by atomic mass is 35.5. The minimum Gasteiger partial charge on any atom is -0.480 e. The van der Waals surface area contributed by atoms with E-state index in [-0.39, 0.29) is 5.92 Å². The van der Waals surface area contributed by atoms with Crippen molar-refractivity contribution in [2.45, 2.75) is 26.8 Å². The minimum absolute atomic E-state index is 0.362. The number of rotatable bonds is 4. The van der Waals surface area contributed by atoms with Crippen LogP contribution in [0.4, 0.5) is 0 Å². The van der Waals surface area contributed by atoms with Crippen molar-refractivity contribution in [2.24, 2.45) is 5.92 Å². The lowest BCUT2D eigenvalue weighted by Crippen LogP contribution is -2.51. The van der Waals surface area contributed by atoms with Crippen LogP contribution in [-0.4, -0.2) is 39.7 Å². The van der Waals surface area contributed by atoms with Gasteiger partial charge in [-0.15, -0.1) is 11.6 Å².